The molecule has 0 radical (unpaired) electrons. The standard InChI is InChI=1S/2C6H5.C3H5.H3P.Rh/c2*1-2-4-6-5-3-1;1-3-2;;/h2*1-5H;3H,1-2H2;1H3;. The molecule has 2 aromatic carbocycles. The summed E-state index contributed by atoms with van der Waals surface area (Å²) in [5.41, 5.74) is 0. The van der Waals surface area contributed by atoms with Crippen molar-refractivity contribution in [2.75, 3.05) is 0 Å². The van der Waals surface area contributed by atoms with Crippen molar-refractivity contribution in [3.63, 3.8) is 0 Å². The molecule has 0 aliphatic heterocycles. The van der Waals surface area contributed by atoms with Crippen molar-refractivity contribution < 1.29 is 16.0 Å². The Labute approximate surface area is 112 Å². The van der Waals surface area contributed by atoms with E-state index in [1.807, 2.05) is 6.08 Å². The van der Waals surface area contributed by atoms with E-state index in [1.54, 1.807) is 0 Å². The van der Waals surface area contributed by atoms with Gasteiger partial charge in [-0.1, -0.05) is 0 Å². The van der Waals surface area contributed by atoms with Crippen LogP contribution in [0.2, 0.25) is 5.02 Å². The molecule has 0 N–H and O–H groups in total. The monoisotopic (exact) mass is 332 g/mol. The third kappa shape index (κ3) is 3.88. The Balaban J connectivity index is 0.00000144. The minimum absolute atomic E-state index is 0. The van der Waals surface area contributed by atoms with Gasteiger partial charge in [-0.3, -0.25) is 0 Å². The van der Waals surface area contributed by atoms with E-state index in [1.165, 1.54) is 8.32 Å². The van der Waals surface area contributed by atoms with Crippen LogP contribution in [0.4, 0.5) is 0 Å². The van der Waals surface area contributed by atoms with Crippen molar-refractivity contribution in [1.29, 1.82) is 0 Å². The van der Waals surface area contributed by atoms with E-state index >= 15 is 0 Å². The molecule has 1 atom stereocenters. The van der Waals surface area contributed by atoms with Crippen LogP contribution in [-0.4, -0.2) is 0 Å². The number of rotatable bonds is 4. The first-order valence-corrected chi connectivity index (χ1v) is 8.00. The van der Waals surface area contributed by atoms with Crippen LogP contribution in [0.25, 0.3) is 0 Å². The van der Waals surface area contributed by atoms with Crippen LogP contribution in [0.1, 0.15) is 0 Å². The smallest absolute Gasteiger partial charge is 0.153 e. The molecule has 1 unspecified atom stereocenters. The number of hydrogen-bond acceptors (Lipinski definition) is 0. The molecule has 0 fully saturated rings. The van der Waals surface area contributed by atoms with Gasteiger partial charge in [0.1, 0.15) is 0 Å². The maximum absolute atomic E-state index is 3.88. The van der Waals surface area contributed by atoms with E-state index in [2.05, 4.69) is 67.2 Å². The molecule has 0 saturated carbocycles. The van der Waals surface area contributed by atoms with E-state index in [0.717, 1.165) is 5.02 Å². The van der Waals surface area contributed by atoms with Gasteiger partial charge >= 0.3 is 103 Å². The third-order valence-electron chi connectivity index (χ3n) is 2.13. The Kier molecular flexibility index (Phi) is 6.34. The maximum Gasteiger partial charge on any atom is -0.153 e. The average Bonchev–Trinajstić information content (AvgIpc) is 2.38. The second-order valence-corrected chi connectivity index (χ2v) is 7.41. The number of allylic oxidation sites excluding steroid dienone is 1. The molecule has 2 rings (SSSR count). The first-order valence-electron chi connectivity index (χ1n) is 5.21. The van der Waals surface area contributed by atoms with Crippen LogP contribution in [0.15, 0.2) is 73.3 Å². The predicted octanol–water partition coefficient (Wildman–Crippen LogP) is 2.92. The van der Waals surface area contributed by atoms with Crippen LogP contribution in [-0.2, 0) is 16.0 Å². The van der Waals surface area contributed by atoms with Gasteiger partial charge in [0.2, 0.25) is 0 Å². The Morgan fingerprint density at radius 1 is 0.824 bits per heavy atom. The summed E-state index contributed by atoms with van der Waals surface area (Å²) in [6, 6.07) is 21.6. The SMILES string of the molecule is C=C[CH2][Rh]([c]1ccccc1)[c]1ccccc1.P. The van der Waals surface area contributed by atoms with E-state index in [0.29, 0.717) is 0 Å². The van der Waals surface area contributed by atoms with Crippen LogP contribution < -0.4 is 8.32 Å². The van der Waals surface area contributed by atoms with Gasteiger partial charge in [-0.05, 0) is 0 Å². The van der Waals surface area contributed by atoms with Gasteiger partial charge in [-0.25, -0.2) is 0 Å². The van der Waals surface area contributed by atoms with Crippen molar-refractivity contribution in [3.05, 3.63) is 73.3 Å². The molecule has 0 saturated heterocycles. The van der Waals surface area contributed by atoms with Crippen molar-refractivity contribution in [1.82, 2.24) is 0 Å². The Bertz CT molecular complexity index is 399. The summed E-state index contributed by atoms with van der Waals surface area (Å²) in [6.07, 6.45) is 2.05. The molecular weight excluding hydrogens is 314 g/mol. The quantitative estimate of drug-likeness (QED) is 0.459. The van der Waals surface area contributed by atoms with Gasteiger partial charge < -0.3 is 0 Å². The average molecular weight is 332 g/mol. The van der Waals surface area contributed by atoms with Crippen molar-refractivity contribution >= 4 is 18.2 Å². The molecule has 0 bridgehead atoms. The summed E-state index contributed by atoms with van der Waals surface area (Å²) >= 11 is -0.973. The molecule has 92 valence electrons. The minimum atomic E-state index is -0.973. The molecule has 0 amide bonds. The van der Waals surface area contributed by atoms with E-state index in [-0.39, 0.29) is 9.90 Å². The zero-order valence-corrected chi connectivity index (χ0v) is 12.9. The van der Waals surface area contributed by atoms with Crippen LogP contribution >= 0.6 is 9.90 Å². The molecule has 0 nitrogen and oxygen atoms in total. The summed E-state index contributed by atoms with van der Waals surface area (Å²) in [5, 5.41) is 1.11. The molecule has 0 aromatic heterocycles. The van der Waals surface area contributed by atoms with Crippen LogP contribution in [0.5, 0.6) is 0 Å². The molecule has 2 heteroatoms. The summed E-state index contributed by atoms with van der Waals surface area (Å²) in [7, 11) is 0. The Morgan fingerprint density at radius 2 is 1.24 bits per heavy atom. The van der Waals surface area contributed by atoms with Gasteiger partial charge in [0.25, 0.3) is 0 Å². The van der Waals surface area contributed by atoms with E-state index in [4.69, 9.17) is 0 Å². The van der Waals surface area contributed by atoms with E-state index < -0.39 is 16.0 Å². The predicted molar refractivity (Wildman–Crippen MR) is 78.3 cm³/mol. The van der Waals surface area contributed by atoms with Gasteiger partial charge in [0.15, 0.2) is 0 Å². The van der Waals surface area contributed by atoms with E-state index in [9.17, 15) is 0 Å². The third-order valence-corrected chi connectivity index (χ3v) is 6.65. The van der Waals surface area contributed by atoms with Gasteiger partial charge in [0.05, 0.1) is 0 Å². The second kappa shape index (κ2) is 7.54. The largest absolute Gasteiger partial charge is 0.153 e. The van der Waals surface area contributed by atoms with Gasteiger partial charge in [0, 0.05) is 0 Å². The minimum Gasteiger partial charge on any atom is -0.153 e. The Hall–Kier alpha value is -0.767. The first kappa shape index (κ1) is 14.3. The summed E-state index contributed by atoms with van der Waals surface area (Å²) in [4.78, 5) is 0. The normalized spacial score (nSPS) is 10.2. The molecule has 0 aliphatic rings. The molecule has 0 heterocycles. The fourth-order valence-corrected chi connectivity index (χ4v) is 5.19. The van der Waals surface area contributed by atoms with Crippen molar-refractivity contribution in [2.45, 2.75) is 5.02 Å². The molecule has 0 aliphatic carbocycles. The second-order valence-electron chi connectivity index (χ2n) is 3.28. The fraction of sp³-hybridized carbons (Fsp3) is 0.0667. The zero-order chi connectivity index (χ0) is 11.2. The molecular formula is C15H18PRh. The topological polar surface area (TPSA) is 0 Å². The van der Waals surface area contributed by atoms with Crippen LogP contribution in [0, 0.1) is 0 Å². The van der Waals surface area contributed by atoms with Crippen molar-refractivity contribution in [3.8, 4) is 0 Å². The Morgan fingerprint density at radius 3 is 1.59 bits per heavy atom. The zero-order valence-electron chi connectivity index (χ0n) is 9.81. The number of benzene rings is 2. The van der Waals surface area contributed by atoms with Crippen LogP contribution in [0.3, 0.4) is 0 Å². The van der Waals surface area contributed by atoms with Crippen molar-refractivity contribution in [2.24, 2.45) is 0 Å². The molecule has 2 aromatic rings. The summed E-state index contributed by atoms with van der Waals surface area (Å²) in [5.74, 6) is 0. The fourth-order valence-electron chi connectivity index (χ4n) is 1.44. The maximum atomic E-state index is 3.88. The van der Waals surface area contributed by atoms with Gasteiger partial charge in [-0.2, -0.15) is 9.90 Å². The summed E-state index contributed by atoms with van der Waals surface area (Å²) < 4.78 is 2.97. The molecule has 0 spiro atoms. The first-order chi connectivity index (χ1) is 7.92. The summed E-state index contributed by atoms with van der Waals surface area (Å²) in [6.45, 7) is 3.88. The number of hydrogen-bond donors (Lipinski definition) is 0. The van der Waals surface area contributed by atoms with Gasteiger partial charge in [-0.15, -0.1) is 0 Å². The molecule has 17 heavy (non-hydrogen) atoms.